The molecule has 0 spiro atoms. The molecule has 0 aliphatic heterocycles. The van der Waals surface area contributed by atoms with Crippen molar-refractivity contribution in [2.75, 3.05) is 0 Å². The van der Waals surface area contributed by atoms with Crippen molar-refractivity contribution in [3.63, 3.8) is 0 Å². The standard InChI is InChI=1S/C24H26F2/c1-3-5-6-18-9-12-21-16-22(14-13-20(21)15-18)24(26)23(25)19-10-7-17(4-2)8-11-19/h3-4,9,12-17,19H,1-2,5-8,10-11H2. The molecule has 0 nitrogen and oxygen atoms in total. The van der Waals surface area contributed by atoms with Crippen LogP contribution >= 0.6 is 0 Å². The second kappa shape index (κ2) is 8.44. The van der Waals surface area contributed by atoms with E-state index in [0.717, 1.165) is 36.5 Å². The van der Waals surface area contributed by atoms with Crippen molar-refractivity contribution in [3.05, 3.63) is 78.7 Å². The van der Waals surface area contributed by atoms with Crippen LogP contribution in [0.4, 0.5) is 8.78 Å². The van der Waals surface area contributed by atoms with Gasteiger partial charge in [-0.15, -0.1) is 13.2 Å². The highest BCUT2D eigenvalue weighted by Gasteiger charge is 2.25. The van der Waals surface area contributed by atoms with Gasteiger partial charge in [-0.1, -0.05) is 42.5 Å². The van der Waals surface area contributed by atoms with Gasteiger partial charge in [-0.3, -0.25) is 0 Å². The summed E-state index contributed by atoms with van der Waals surface area (Å²) in [6, 6.07) is 11.4. The van der Waals surface area contributed by atoms with Gasteiger partial charge in [0.2, 0.25) is 0 Å². The Morgan fingerprint density at radius 1 is 0.962 bits per heavy atom. The van der Waals surface area contributed by atoms with Crippen LogP contribution in [0.1, 0.15) is 43.2 Å². The first-order valence-electron chi connectivity index (χ1n) is 9.44. The highest BCUT2D eigenvalue weighted by molar-refractivity contribution is 5.86. The first-order chi connectivity index (χ1) is 12.6. The van der Waals surface area contributed by atoms with E-state index in [9.17, 15) is 8.78 Å². The van der Waals surface area contributed by atoms with Crippen LogP contribution in [0.3, 0.4) is 0 Å². The number of rotatable bonds is 6. The summed E-state index contributed by atoms with van der Waals surface area (Å²) >= 11 is 0. The Bertz CT molecular complexity index is 823. The Hall–Kier alpha value is -2.22. The number of halogens is 2. The lowest BCUT2D eigenvalue weighted by Crippen LogP contribution is -2.14. The van der Waals surface area contributed by atoms with Gasteiger partial charge in [-0.05, 0) is 66.8 Å². The van der Waals surface area contributed by atoms with Gasteiger partial charge in [0.1, 0.15) is 5.83 Å². The molecule has 2 aromatic rings. The topological polar surface area (TPSA) is 0 Å². The Morgan fingerprint density at radius 2 is 1.65 bits per heavy atom. The van der Waals surface area contributed by atoms with E-state index in [1.165, 1.54) is 5.56 Å². The third kappa shape index (κ3) is 4.12. The summed E-state index contributed by atoms with van der Waals surface area (Å²) in [6.45, 7) is 7.55. The maximum atomic E-state index is 14.7. The van der Waals surface area contributed by atoms with Gasteiger partial charge in [-0.25, -0.2) is 8.78 Å². The maximum Gasteiger partial charge on any atom is 0.162 e. The summed E-state index contributed by atoms with van der Waals surface area (Å²) in [5.74, 6) is -1.15. The zero-order valence-corrected chi connectivity index (χ0v) is 15.2. The van der Waals surface area contributed by atoms with Gasteiger partial charge in [-0.2, -0.15) is 0 Å². The molecule has 0 unspecified atom stereocenters. The summed E-state index contributed by atoms with van der Waals surface area (Å²) < 4.78 is 29.4. The van der Waals surface area contributed by atoms with Crippen molar-refractivity contribution in [2.45, 2.75) is 38.5 Å². The number of hydrogen-bond donors (Lipinski definition) is 0. The van der Waals surface area contributed by atoms with Gasteiger partial charge in [0.15, 0.2) is 5.83 Å². The molecule has 2 heteroatoms. The third-order valence-electron chi connectivity index (χ3n) is 5.47. The molecule has 0 heterocycles. The molecule has 1 aliphatic rings. The van der Waals surface area contributed by atoms with Crippen LogP contribution in [0.5, 0.6) is 0 Å². The number of aryl methyl sites for hydroxylation is 1. The van der Waals surface area contributed by atoms with Crippen LogP contribution in [-0.4, -0.2) is 0 Å². The van der Waals surface area contributed by atoms with E-state index in [4.69, 9.17) is 0 Å². The third-order valence-corrected chi connectivity index (χ3v) is 5.47. The zero-order valence-electron chi connectivity index (χ0n) is 15.2. The number of benzene rings is 2. The first kappa shape index (κ1) is 18.6. The van der Waals surface area contributed by atoms with E-state index in [1.807, 2.05) is 30.4 Å². The number of fused-ring (bicyclic) bond motifs is 1. The minimum atomic E-state index is -0.704. The molecule has 0 aromatic heterocycles. The molecule has 0 amide bonds. The van der Waals surface area contributed by atoms with Crippen LogP contribution < -0.4 is 0 Å². The maximum absolute atomic E-state index is 14.7. The highest BCUT2D eigenvalue weighted by Crippen LogP contribution is 2.38. The molecule has 0 N–H and O–H groups in total. The summed E-state index contributed by atoms with van der Waals surface area (Å²) in [6.07, 6.45) is 8.86. The lowest BCUT2D eigenvalue weighted by atomic mass is 9.81. The average molecular weight is 352 g/mol. The average Bonchev–Trinajstić information content (AvgIpc) is 2.70. The van der Waals surface area contributed by atoms with E-state index in [1.54, 1.807) is 12.1 Å². The van der Waals surface area contributed by atoms with Gasteiger partial charge in [0, 0.05) is 11.5 Å². The van der Waals surface area contributed by atoms with Crippen LogP contribution in [-0.2, 0) is 6.42 Å². The second-order valence-electron chi connectivity index (χ2n) is 7.23. The molecule has 1 saturated carbocycles. The molecular formula is C24H26F2. The normalized spacial score (nSPS) is 21.3. The van der Waals surface area contributed by atoms with Crippen LogP contribution in [0.15, 0.2) is 67.5 Å². The van der Waals surface area contributed by atoms with Crippen molar-refractivity contribution < 1.29 is 8.78 Å². The molecule has 0 saturated heterocycles. The molecule has 1 fully saturated rings. The number of allylic oxidation sites excluding steroid dienone is 3. The largest absolute Gasteiger partial charge is 0.208 e. The fourth-order valence-corrected chi connectivity index (χ4v) is 3.78. The molecule has 0 atom stereocenters. The zero-order chi connectivity index (χ0) is 18.5. The van der Waals surface area contributed by atoms with Gasteiger partial charge < -0.3 is 0 Å². The van der Waals surface area contributed by atoms with Crippen molar-refractivity contribution in [3.8, 4) is 0 Å². The lowest BCUT2D eigenvalue weighted by Gasteiger charge is -2.25. The Labute approximate surface area is 154 Å². The molecular weight excluding hydrogens is 326 g/mol. The van der Waals surface area contributed by atoms with Gasteiger partial charge >= 0.3 is 0 Å². The first-order valence-corrected chi connectivity index (χ1v) is 9.44. The fourth-order valence-electron chi connectivity index (χ4n) is 3.78. The monoisotopic (exact) mass is 352 g/mol. The van der Waals surface area contributed by atoms with Crippen molar-refractivity contribution in [1.82, 2.24) is 0 Å². The van der Waals surface area contributed by atoms with Crippen LogP contribution in [0.2, 0.25) is 0 Å². The predicted molar refractivity (Wildman–Crippen MR) is 107 cm³/mol. The predicted octanol–water partition coefficient (Wildman–Crippen LogP) is 7.56. The van der Waals surface area contributed by atoms with E-state index < -0.39 is 11.7 Å². The minimum absolute atomic E-state index is 0.303. The molecule has 2 aromatic carbocycles. The Balaban J connectivity index is 1.82. The van der Waals surface area contributed by atoms with E-state index in [0.29, 0.717) is 24.3 Å². The smallest absolute Gasteiger partial charge is 0.162 e. The van der Waals surface area contributed by atoms with E-state index in [2.05, 4.69) is 19.2 Å². The van der Waals surface area contributed by atoms with Gasteiger partial charge in [0.05, 0.1) is 0 Å². The molecule has 0 bridgehead atoms. The minimum Gasteiger partial charge on any atom is -0.208 e. The second-order valence-corrected chi connectivity index (χ2v) is 7.23. The van der Waals surface area contributed by atoms with Gasteiger partial charge in [0.25, 0.3) is 0 Å². The SMILES string of the molecule is C=CCCc1ccc2cc(C(F)=C(F)C3CCC(C=C)CC3)ccc2c1. The van der Waals surface area contributed by atoms with Crippen molar-refractivity contribution in [1.29, 1.82) is 0 Å². The summed E-state index contributed by atoms with van der Waals surface area (Å²) in [5.41, 5.74) is 1.56. The van der Waals surface area contributed by atoms with E-state index >= 15 is 0 Å². The number of hydrogen-bond acceptors (Lipinski definition) is 0. The molecule has 1 aliphatic carbocycles. The molecule has 26 heavy (non-hydrogen) atoms. The molecule has 136 valence electrons. The van der Waals surface area contributed by atoms with Crippen molar-refractivity contribution >= 4 is 16.6 Å². The van der Waals surface area contributed by atoms with E-state index in [-0.39, 0.29) is 5.92 Å². The van der Waals surface area contributed by atoms with Crippen LogP contribution in [0, 0.1) is 11.8 Å². The summed E-state index contributed by atoms with van der Waals surface area (Å²) in [5, 5.41) is 1.98. The van der Waals surface area contributed by atoms with Crippen LogP contribution in [0.25, 0.3) is 16.6 Å². The summed E-state index contributed by atoms with van der Waals surface area (Å²) in [7, 11) is 0. The summed E-state index contributed by atoms with van der Waals surface area (Å²) in [4.78, 5) is 0. The van der Waals surface area contributed by atoms with Crippen molar-refractivity contribution in [2.24, 2.45) is 11.8 Å². The lowest BCUT2D eigenvalue weighted by molar-refractivity contribution is 0.305. The Kier molecular flexibility index (Phi) is 6.03. The quantitative estimate of drug-likeness (QED) is 0.471. The molecule has 3 rings (SSSR count). The molecule has 0 radical (unpaired) electrons. The Morgan fingerprint density at radius 3 is 2.35 bits per heavy atom. The highest BCUT2D eigenvalue weighted by atomic mass is 19.2. The fraction of sp³-hybridized carbons (Fsp3) is 0.333.